The van der Waals surface area contributed by atoms with Gasteiger partial charge in [-0.1, -0.05) is 11.2 Å². The zero-order chi connectivity index (χ0) is 15.2. The van der Waals surface area contributed by atoms with Crippen molar-refractivity contribution in [3.8, 4) is 5.75 Å². The smallest absolute Gasteiger partial charge is 0.293 e. The minimum atomic E-state index is -0.404. The van der Waals surface area contributed by atoms with Crippen LogP contribution < -0.4 is 15.8 Å². The maximum atomic E-state index is 12.0. The van der Waals surface area contributed by atoms with E-state index in [0.717, 1.165) is 0 Å². The average molecular weight is 290 g/mol. The molecule has 0 fully saturated rings. The number of nitrogens with one attached hydrogen (secondary N) is 1. The molecule has 0 bridgehead atoms. The second-order valence-electron chi connectivity index (χ2n) is 4.13. The van der Waals surface area contributed by atoms with Gasteiger partial charge in [0, 0.05) is 11.8 Å². The normalized spacial score (nSPS) is 11.2. The minimum Gasteiger partial charge on any atom is -0.485 e. The highest BCUT2D eigenvalue weighted by molar-refractivity contribution is 6.02. The first kappa shape index (κ1) is 14.4. The van der Waals surface area contributed by atoms with Gasteiger partial charge in [0.1, 0.15) is 12.4 Å². The number of amidine groups is 1. The molecule has 0 spiro atoms. The minimum absolute atomic E-state index is 0.0540. The molecule has 1 aromatic heterocycles. The monoisotopic (exact) mass is 290 g/mol. The van der Waals surface area contributed by atoms with Crippen LogP contribution in [0, 0.1) is 6.92 Å². The van der Waals surface area contributed by atoms with Gasteiger partial charge in [0.2, 0.25) is 5.76 Å². The van der Waals surface area contributed by atoms with Crippen molar-refractivity contribution < 1.29 is 19.2 Å². The summed E-state index contributed by atoms with van der Waals surface area (Å²) < 4.78 is 10.3. The SMILES string of the molecule is Cc1ncoc1C(=O)Nc1cccc(OC/C(N)=N/O)c1. The zero-order valence-corrected chi connectivity index (χ0v) is 11.2. The number of rotatable bonds is 5. The van der Waals surface area contributed by atoms with Gasteiger partial charge in [0.15, 0.2) is 12.2 Å². The van der Waals surface area contributed by atoms with Crippen molar-refractivity contribution in [3.05, 3.63) is 42.1 Å². The van der Waals surface area contributed by atoms with Gasteiger partial charge in [0.25, 0.3) is 5.91 Å². The number of nitrogens with zero attached hydrogens (tertiary/aromatic N) is 2. The summed E-state index contributed by atoms with van der Waals surface area (Å²) in [5, 5.41) is 13.9. The molecule has 0 radical (unpaired) electrons. The number of nitrogens with two attached hydrogens (primary N) is 1. The second kappa shape index (κ2) is 6.42. The fourth-order valence-corrected chi connectivity index (χ4v) is 1.56. The lowest BCUT2D eigenvalue weighted by Gasteiger charge is -2.08. The van der Waals surface area contributed by atoms with Gasteiger partial charge < -0.3 is 25.4 Å². The van der Waals surface area contributed by atoms with Crippen molar-refractivity contribution in [1.29, 1.82) is 0 Å². The number of oxazole rings is 1. The lowest BCUT2D eigenvalue weighted by Crippen LogP contribution is -2.20. The summed E-state index contributed by atoms with van der Waals surface area (Å²) in [6.07, 6.45) is 1.21. The Balaban J connectivity index is 2.04. The molecule has 0 aliphatic carbocycles. The molecule has 0 saturated carbocycles. The highest BCUT2D eigenvalue weighted by Gasteiger charge is 2.14. The molecular weight excluding hydrogens is 276 g/mol. The van der Waals surface area contributed by atoms with Crippen molar-refractivity contribution in [2.24, 2.45) is 10.9 Å². The Morgan fingerprint density at radius 1 is 1.57 bits per heavy atom. The van der Waals surface area contributed by atoms with Crippen LogP contribution in [-0.4, -0.2) is 28.5 Å². The number of aryl methyl sites for hydroxylation is 1. The molecule has 2 rings (SSSR count). The number of carbonyl (C=O) groups is 1. The molecule has 4 N–H and O–H groups in total. The van der Waals surface area contributed by atoms with Crippen LogP contribution in [0.5, 0.6) is 5.75 Å². The Kier molecular flexibility index (Phi) is 4.39. The lowest BCUT2D eigenvalue weighted by atomic mass is 10.3. The number of aromatic nitrogens is 1. The lowest BCUT2D eigenvalue weighted by molar-refractivity contribution is 0.0996. The Labute approximate surface area is 120 Å². The standard InChI is InChI=1S/C13H14N4O4/c1-8-12(21-7-15-8)13(18)16-9-3-2-4-10(5-9)20-6-11(14)17-19/h2-5,7,19H,6H2,1H3,(H2,14,17)(H,16,18). The summed E-state index contributed by atoms with van der Waals surface area (Å²) in [4.78, 5) is 15.8. The molecule has 1 aromatic carbocycles. The summed E-state index contributed by atoms with van der Waals surface area (Å²) in [7, 11) is 0. The molecule has 1 heterocycles. The number of carbonyl (C=O) groups excluding carboxylic acids is 1. The van der Waals surface area contributed by atoms with Crippen molar-refractivity contribution >= 4 is 17.4 Å². The largest absolute Gasteiger partial charge is 0.485 e. The molecule has 8 heteroatoms. The number of amides is 1. The third-order valence-electron chi connectivity index (χ3n) is 2.56. The van der Waals surface area contributed by atoms with Gasteiger partial charge >= 0.3 is 0 Å². The van der Waals surface area contributed by atoms with Gasteiger partial charge in [0.05, 0.1) is 5.69 Å². The van der Waals surface area contributed by atoms with Gasteiger partial charge in [-0.3, -0.25) is 4.79 Å². The van der Waals surface area contributed by atoms with Crippen LogP contribution in [0.2, 0.25) is 0 Å². The summed E-state index contributed by atoms with van der Waals surface area (Å²) >= 11 is 0. The van der Waals surface area contributed by atoms with Crippen molar-refractivity contribution in [2.75, 3.05) is 11.9 Å². The third-order valence-corrected chi connectivity index (χ3v) is 2.56. The van der Waals surface area contributed by atoms with E-state index in [-0.39, 0.29) is 18.2 Å². The number of ether oxygens (including phenoxy) is 1. The maximum Gasteiger partial charge on any atom is 0.293 e. The fraction of sp³-hybridized carbons (Fsp3) is 0.154. The molecule has 0 unspecified atom stereocenters. The van der Waals surface area contributed by atoms with E-state index in [4.69, 9.17) is 20.1 Å². The van der Waals surface area contributed by atoms with E-state index in [1.165, 1.54) is 6.39 Å². The highest BCUT2D eigenvalue weighted by atomic mass is 16.5. The Morgan fingerprint density at radius 2 is 2.38 bits per heavy atom. The average Bonchev–Trinajstić information content (AvgIpc) is 2.91. The quantitative estimate of drug-likeness (QED) is 0.330. The molecule has 8 nitrogen and oxygen atoms in total. The van der Waals surface area contributed by atoms with Crippen LogP contribution in [0.1, 0.15) is 16.2 Å². The third kappa shape index (κ3) is 3.72. The van der Waals surface area contributed by atoms with E-state index in [1.807, 2.05) is 0 Å². The molecule has 0 atom stereocenters. The predicted octanol–water partition coefficient (Wildman–Crippen LogP) is 1.36. The summed E-state index contributed by atoms with van der Waals surface area (Å²) in [5.74, 6) is 0.159. The van der Waals surface area contributed by atoms with Crippen LogP contribution in [0.4, 0.5) is 5.69 Å². The molecule has 0 saturated heterocycles. The molecule has 1 amide bonds. The van der Waals surface area contributed by atoms with Gasteiger partial charge in [-0.2, -0.15) is 0 Å². The Bertz CT molecular complexity index is 666. The number of hydrogen-bond donors (Lipinski definition) is 3. The van der Waals surface area contributed by atoms with Crippen LogP contribution in [0.15, 0.2) is 40.2 Å². The highest BCUT2D eigenvalue weighted by Crippen LogP contribution is 2.18. The number of hydrogen-bond acceptors (Lipinski definition) is 6. The van der Waals surface area contributed by atoms with Gasteiger partial charge in [-0.25, -0.2) is 4.98 Å². The summed E-state index contributed by atoms with van der Waals surface area (Å²) in [6, 6.07) is 6.68. The second-order valence-corrected chi connectivity index (χ2v) is 4.13. The summed E-state index contributed by atoms with van der Waals surface area (Å²) in [5.41, 5.74) is 6.33. The van der Waals surface area contributed by atoms with E-state index in [1.54, 1.807) is 31.2 Å². The Morgan fingerprint density at radius 3 is 3.05 bits per heavy atom. The van der Waals surface area contributed by atoms with Crippen molar-refractivity contribution in [2.45, 2.75) is 6.92 Å². The van der Waals surface area contributed by atoms with E-state index in [2.05, 4.69) is 15.5 Å². The van der Waals surface area contributed by atoms with Crippen LogP contribution >= 0.6 is 0 Å². The molecule has 0 aliphatic heterocycles. The predicted molar refractivity (Wildman–Crippen MR) is 74.5 cm³/mol. The topological polar surface area (TPSA) is 123 Å². The van der Waals surface area contributed by atoms with E-state index in [0.29, 0.717) is 17.1 Å². The van der Waals surface area contributed by atoms with Crippen molar-refractivity contribution in [1.82, 2.24) is 4.98 Å². The van der Waals surface area contributed by atoms with Crippen LogP contribution in [0.3, 0.4) is 0 Å². The molecule has 0 aliphatic rings. The molecule has 110 valence electrons. The van der Waals surface area contributed by atoms with Crippen molar-refractivity contribution in [3.63, 3.8) is 0 Å². The zero-order valence-electron chi connectivity index (χ0n) is 11.2. The molecule has 21 heavy (non-hydrogen) atoms. The number of benzene rings is 1. The first-order chi connectivity index (χ1) is 10.1. The van der Waals surface area contributed by atoms with Gasteiger partial charge in [-0.05, 0) is 19.1 Å². The van der Waals surface area contributed by atoms with E-state index < -0.39 is 5.91 Å². The molecular formula is C13H14N4O4. The first-order valence-electron chi connectivity index (χ1n) is 6.01. The Hall–Kier alpha value is -3.03. The van der Waals surface area contributed by atoms with Crippen LogP contribution in [0.25, 0.3) is 0 Å². The number of anilines is 1. The fourth-order valence-electron chi connectivity index (χ4n) is 1.56. The number of oxime groups is 1. The maximum absolute atomic E-state index is 12.0. The van der Waals surface area contributed by atoms with Gasteiger partial charge in [-0.15, -0.1) is 0 Å². The van der Waals surface area contributed by atoms with Crippen LogP contribution in [-0.2, 0) is 0 Å². The first-order valence-corrected chi connectivity index (χ1v) is 6.01. The van der Waals surface area contributed by atoms with E-state index in [9.17, 15) is 4.79 Å². The summed E-state index contributed by atoms with van der Waals surface area (Å²) in [6.45, 7) is 1.62. The molecule has 2 aromatic rings. The van der Waals surface area contributed by atoms with E-state index >= 15 is 0 Å².